The summed E-state index contributed by atoms with van der Waals surface area (Å²) in [4.78, 5) is 0. The van der Waals surface area contributed by atoms with Crippen molar-refractivity contribution in [3.05, 3.63) is 47.1 Å². The zero-order chi connectivity index (χ0) is 11.6. The van der Waals surface area contributed by atoms with Crippen molar-refractivity contribution in [2.24, 2.45) is 5.41 Å². The largest absolute Gasteiger partial charge is 0.0801 e. The average Bonchev–Trinajstić information content (AvgIpc) is 2.60. The van der Waals surface area contributed by atoms with Crippen LogP contribution in [0.4, 0.5) is 0 Å². The van der Waals surface area contributed by atoms with Gasteiger partial charge in [0.15, 0.2) is 0 Å². The van der Waals surface area contributed by atoms with Gasteiger partial charge in [0.1, 0.15) is 0 Å². The van der Waals surface area contributed by atoms with Crippen LogP contribution in [0.1, 0.15) is 46.5 Å². The molecule has 0 aliphatic heterocycles. The third kappa shape index (κ3) is 2.75. The second kappa shape index (κ2) is 4.45. The van der Waals surface area contributed by atoms with Gasteiger partial charge in [-0.15, -0.1) is 0 Å². The van der Waals surface area contributed by atoms with Crippen molar-refractivity contribution in [3.63, 3.8) is 0 Å². The van der Waals surface area contributed by atoms with Gasteiger partial charge >= 0.3 is 0 Å². The number of hydrogen-bond acceptors (Lipinski definition) is 0. The van der Waals surface area contributed by atoms with E-state index in [1.165, 1.54) is 36.0 Å². The molecule has 2 rings (SSSR count). The van der Waals surface area contributed by atoms with Gasteiger partial charge in [0.2, 0.25) is 0 Å². The van der Waals surface area contributed by atoms with Crippen LogP contribution in [-0.2, 0) is 0 Å². The number of fused-ring (bicyclic) bond motifs is 1. The first kappa shape index (κ1) is 11.4. The van der Waals surface area contributed by atoms with E-state index in [2.05, 4.69) is 51.2 Å². The van der Waals surface area contributed by atoms with Crippen LogP contribution in [0.5, 0.6) is 0 Å². The van der Waals surface area contributed by atoms with E-state index in [1.807, 2.05) is 0 Å². The molecule has 0 saturated heterocycles. The van der Waals surface area contributed by atoms with E-state index in [9.17, 15) is 0 Å². The lowest BCUT2D eigenvalue weighted by molar-refractivity contribution is 0.366. The second-order valence-corrected chi connectivity index (χ2v) is 5.98. The van der Waals surface area contributed by atoms with E-state index in [0.717, 1.165) is 6.42 Å². The Bertz CT molecular complexity index is 381. The molecule has 16 heavy (non-hydrogen) atoms. The monoisotopic (exact) mass is 214 g/mol. The minimum atomic E-state index is 0.467. The average molecular weight is 214 g/mol. The van der Waals surface area contributed by atoms with Crippen molar-refractivity contribution >= 4 is 0 Å². The number of hydrogen-bond donors (Lipinski definition) is 0. The lowest BCUT2D eigenvalue weighted by Gasteiger charge is -2.18. The molecule has 0 saturated carbocycles. The molecular weight excluding hydrogens is 192 g/mol. The fourth-order valence-corrected chi connectivity index (χ4v) is 2.34. The summed E-state index contributed by atoms with van der Waals surface area (Å²) in [6.45, 7) is 6.96. The maximum atomic E-state index is 2.32. The minimum absolute atomic E-state index is 0.467. The number of allylic oxidation sites excluding steroid dienone is 8. The molecule has 0 unspecified atom stereocenters. The maximum absolute atomic E-state index is 2.32. The third-order valence-electron chi connectivity index (χ3n) is 3.25. The van der Waals surface area contributed by atoms with E-state index in [4.69, 9.17) is 0 Å². The Morgan fingerprint density at radius 3 is 2.69 bits per heavy atom. The smallest absolute Gasteiger partial charge is 0.0157 e. The third-order valence-corrected chi connectivity index (χ3v) is 3.25. The topological polar surface area (TPSA) is 0 Å². The Hall–Kier alpha value is -1.04. The molecule has 0 nitrogen and oxygen atoms in total. The van der Waals surface area contributed by atoms with Crippen molar-refractivity contribution in [2.45, 2.75) is 46.5 Å². The van der Waals surface area contributed by atoms with Crippen LogP contribution in [0, 0.1) is 5.41 Å². The van der Waals surface area contributed by atoms with Gasteiger partial charge in [0, 0.05) is 0 Å². The van der Waals surface area contributed by atoms with Crippen LogP contribution in [-0.4, -0.2) is 0 Å². The highest BCUT2D eigenvalue weighted by Crippen LogP contribution is 2.33. The Labute approximate surface area is 99.4 Å². The lowest BCUT2D eigenvalue weighted by Crippen LogP contribution is -2.04. The molecule has 86 valence electrons. The number of rotatable bonds is 3. The van der Waals surface area contributed by atoms with E-state index in [-0.39, 0.29) is 0 Å². The van der Waals surface area contributed by atoms with Gasteiger partial charge in [-0.3, -0.25) is 0 Å². The molecule has 0 bridgehead atoms. The van der Waals surface area contributed by atoms with E-state index in [0.29, 0.717) is 5.41 Å². The normalized spacial score (nSPS) is 19.1. The van der Waals surface area contributed by atoms with Gasteiger partial charge in [-0.25, -0.2) is 0 Å². The molecule has 0 aromatic carbocycles. The summed E-state index contributed by atoms with van der Waals surface area (Å²) in [6, 6.07) is 0. The highest BCUT2D eigenvalue weighted by Gasteiger charge is 2.15. The van der Waals surface area contributed by atoms with Crippen molar-refractivity contribution in [1.29, 1.82) is 0 Å². The maximum Gasteiger partial charge on any atom is -0.0157 e. The zero-order valence-corrected chi connectivity index (χ0v) is 10.7. The summed E-state index contributed by atoms with van der Waals surface area (Å²) in [5.74, 6) is 0. The quantitative estimate of drug-likeness (QED) is 0.623. The van der Waals surface area contributed by atoms with E-state index in [1.54, 1.807) is 0 Å². The first-order valence-corrected chi connectivity index (χ1v) is 6.34. The van der Waals surface area contributed by atoms with Gasteiger partial charge in [-0.1, -0.05) is 51.2 Å². The van der Waals surface area contributed by atoms with Crippen LogP contribution in [0.2, 0.25) is 0 Å². The molecule has 2 aliphatic rings. The van der Waals surface area contributed by atoms with Gasteiger partial charge in [0.05, 0.1) is 0 Å². The Morgan fingerprint density at radius 1 is 1.12 bits per heavy atom. The summed E-state index contributed by atoms with van der Waals surface area (Å²) in [6.07, 6.45) is 16.4. The Kier molecular flexibility index (Phi) is 3.18. The van der Waals surface area contributed by atoms with Crippen LogP contribution in [0.25, 0.3) is 0 Å². The van der Waals surface area contributed by atoms with Gasteiger partial charge < -0.3 is 0 Å². The molecule has 2 aliphatic carbocycles. The van der Waals surface area contributed by atoms with Gasteiger partial charge in [-0.2, -0.15) is 0 Å². The van der Waals surface area contributed by atoms with Crippen molar-refractivity contribution in [2.75, 3.05) is 0 Å². The Balaban J connectivity index is 1.96. The standard InChI is InChI=1S/C16H22/c1-16(2,3)12-6-8-14-11-10-13-7-4-5-9-15(13)14/h5,7,9-11H,4,6,8,12H2,1-3H3. The van der Waals surface area contributed by atoms with Crippen LogP contribution >= 0.6 is 0 Å². The molecule has 0 atom stereocenters. The second-order valence-electron chi connectivity index (χ2n) is 5.98. The molecule has 0 fully saturated rings. The molecule has 0 N–H and O–H groups in total. The first-order chi connectivity index (χ1) is 7.56. The first-order valence-electron chi connectivity index (χ1n) is 6.34. The van der Waals surface area contributed by atoms with Crippen LogP contribution in [0.3, 0.4) is 0 Å². The molecule has 0 amide bonds. The summed E-state index contributed by atoms with van der Waals surface area (Å²) in [5, 5.41) is 0. The van der Waals surface area contributed by atoms with Crippen molar-refractivity contribution < 1.29 is 0 Å². The summed E-state index contributed by atoms with van der Waals surface area (Å²) in [5.41, 5.74) is 4.91. The predicted octanol–water partition coefficient (Wildman–Crippen LogP) is 4.96. The Morgan fingerprint density at radius 2 is 1.94 bits per heavy atom. The fraction of sp³-hybridized carbons (Fsp3) is 0.500. The molecule has 0 radical (unpaired) electrons. The van der Waals surface area contributed by atoms with Gasteiger partial charge in [-0.05, 0) is 47.8 Å². The SMILES string of the molecule is CC(C)(C)CCCC1=C2C=CCC=C2C=C1. The van der Waals surface area contributed by atoms with E-state index >= 15 is 0 Å². The molecule has 0 aromatic heterocycles. The zero-order valence-electron chi connectivity index (χ0n) is 10.7. The molecule has 0 heteroatoms. The molecule has 0 spiro atoms. The highest BCUT2D eigenvalue weighted by atomic mass is 14.2. The molecule has 0 aromatic rings. The van der Waals surface area contributed by atoms with E-state index < -0.39 is 0 Å². The summed E-state index contributed by atoms with van der Waals surface area (Å²) < 4.78 is 0. The molecular formula is C16H22. The van der Waals surface area contributed by atoms with Crippen molar-refractivity contribution in [3.8, 4) is 0 Å². The minimum Gasteiger partial charge on any atom is -0.0801 e. The van der Waals surface area contributed by atoms with Crippen molar-refractivity contribution in [1.82, 2.24) is 0 Å². The van der Waals surface area contributed by atoms with Crippen LogP contribution in [0.15, 0.2) is 47.1 Å². The summed E-state index contributed by atoms with van der Waals surface area (Å²) >= 11 is 0. The predicted molar refractivity (Wildman–Crippen MR) is 71.3 cm³/mol. The summed E-state index contributed by atoms with van der Waals surface area (Å²) in [7, 11) is 0. The van der Waals surface area contributed by atoms with Crippen LogP contribution < -0.4 is 0 Å². The lowest BCUT2D eigenvalue weighted by atomic mass is 9.88. The molecule has 0 heterocycles. The fourth-order valence-electron chi connectivity index (χ4n) is 2.34. The van der Waals surface area contributed by atoms with Gasteiger partial charge in [0.25, 0.3) is 0 Å². The highest BCUT2D eigenvalue weighted by molar-refractivity contribution is 5.59.